The number of anilines is 1. The van der Waals surface area contributed by atoms with E-state index in [1.165, 1.54) is 0 Å². The van der Waals surface area contributed by atoms with Gasteiger partial charge in [0, 0.05) is 42.3 Å². The number of oxazole rings is 1. The van der Waals surface area contributed by atoms with Crippen LogP contribution >= 0.6 is 22.9 Å². The Hall–Kier alpha value is -1.63. The van der Waals surface area contributed by atoms with Crippen LogP contribution < -0.4 is 10.2 Å². The largest absolute Gasteiger partial charge is 0.423 e. The van der Waals surface area contributed by atoms with Crippen molar-refractivity contribution in [3.05, 3.63) is 28.7 Å². The molecule has 0 spiro atoms. The van der Waals surface area contributed by atoms with Crippen molar-refractivity contribution >= 4 is 40.1 Å². The number of hydrogen-bond donors (Lipinski definition) is 1. The maximum Gasteiger partial charge on any atom is 0.298 e. The number of benzene rings is 1. The predicted molar refractivity (Wildman–Crippen MR) is 89.8 cm³/mol. The van der Waals surface area contributed by atoms with E-state index in [2.05, 4.69) is 27.1 Å². The lowest BCUT2D eigenvalue weighted by Crippen LogP contribution is -2.50. The number of thiazole rings is 1. The van der Waals surface area contributed by atoms with Crippen molar-refractivity contribution in [1.29, 1.82) is 0 Å². The molecule has 1 aromatic carbocycles. The number of halogens is 1. The maximum absolute atomic E-state index is 6.24. The molecule has 0 saturated carbocycles. The second kappa shape index (κ2) is 5.53. The van der Waals surface area contributed by atoms with E-state index >= 15 is 0 Å². The van der Waals surface area contributed by atoms with Gasteiger partial charge in [0.2, 0.25) is 0 Å². The first-order valence-corrected chi connectivity index (χ1v) is 8.45. The van der Waals surface area contributed by atoms with Gasteiger partial charge in [-0.2, -0.15) is 4.98 Å². The SMILES string of the molecule is C[C@H]1CNCCN1c1nc2cc(Cl)cc(-c3nccs3)c2o1. The Morgan fingerprint density at radius 1 is 1.45 bits per heavy atom. The highest BCUT2D eigenvalue weighted by atomic mass is 35.5. The molecule has 2 aromatic heterocycles. The quantitative estimate of drug-likeness (QED) is 0.778. The first-order chi connectivity index (χ1) is 10.7. The molecular weight excluding hydrogens is 320 g/mol. The van der Waals surface area contributed by atoms with Gasteiger partial charge in [0.25, 0.3) is 6.01 Å². The van der Waals surface area contributed by atoms with Crippen LogP contribution in [0, 0.1) is 0 Å². The molecule has 0 aliphatic carbocycles. The standard InChI is InChI=1S/C15H15ClN4OS/c1-9-8-17-2-4-20(9)15-19-12-7-10(16)6-11(13(12)21-15)14-18-3-5-22-14/h3,5-7,9,17H,2,4,8H2,1H3/t9-/m0/s1. The van der Waals surface area contributed by atoms with Gasteiger partial charge in [0.15, 0.2) is 5.58 Å². The van der Waals surface area contributed by atoms with Crippen molar-refractivity contribution in [2.24, 2.45) is 0 Å². The molecule has 22 heavy (non-hydrogen) atoms. The lowest BCUT2D eigenvalue weighted by molar-refractivity contribution is 0.456. The molecule has 3 heterocycles. The van der Waals surface area contributed by atoms with Crippen LogP contribution in [0.4, 0.5) is 6.01 Å². The number of piperazine rings is 1. The van der Waals surface area contributed by atoms with E-state index in [0.29, 0.717) is 17.1 Å². The van der Waals surface area contributed by atoms with Gasteiger partial charge in [-0.15, -0.1) is 11.3 Å². The lowest BCUT2D eigenvalue weighted by Gasteiger charge is -2.32. The molecule has 0 amide bonds. The highest BCUT2D eigenvalue weighted by Gasteiger charge is 2.24. The second-order valence-electron chi connectivity index (χ2n) is 5.38. The van der Waals surface area contributed by atoms with Crippen molar-refractivity contribution in [1.82, 2.24) is 15.3 Å². The Morgan fingerprint density at radius 3 is 3.14 bits per heavy atom. The number of aromatic nitrogens is 2. The average Bonchev–Trinajstić information content (AvgIpc) is 3.15. The van der Waals surface area contributed by atoms with Gasteiger partial charge in [-0.05, 0) is 19.1 Å². The average molecular weight is 335 g/mol. The summed E-state index contributed by atoms with van der Waals surface area (Å²) < 4.78 is 6.08. The summed E-state index contributed by atoms with van der Waals surface area (Å²) >= 11 is 7.80. The Bertz CT molecular complexity index is 801. The van der Waals surface area contributed by atoms with E-state index < -0.39 is 0 Å². The summed E-state index contributed by atoms with van der Waals surface area (Å²) in [4.78, 5) is 11.2. The first kappa shape index (κ1) is 14.0. The van der Waals surface area contributed by atoms with Crippen LogP contribution in [-0.4, -0.2) is 35.6 Å². The molecule has 0 radical (unpaired) electrons. The molecule has 1 saturated heterocycles. The molecule has 0 unspecified atom stereocenters. The normalized spacial score (nSPS) is 19.0. The molecule has 1 fully saturated rings. The Labute approximate surface area is 136 Å². The van der Waals surface area contributed by atoms with Crippen molar-refractivity contribution in [2.75, 3.05) is 24.5 Å². The minimum absolute atomic E-state index is 0.348. The Balaban J connectivity index is 1.85. The molecule has 4 rings (SSSR count). The zero-order valence-corrected chi connectivity index (χ0v) is 13.6. The number of nitrogens with one attached hydrogen (secondary N) is 1. The predicted octanol–water partition coefficient (Wildman–Crippen LogP) is 3.40. The third-order valence-electron chi connectivity index (χ3n) is 3.85. The highest BCUT2D eigenvalue weighted by Crippen LogP contribution is 2.35. The number of hydrogen-bond acceptors (Lipinski definition) is 6. The summed E-state index contributed by atoms with van der Waals surface area (Å²) in [5, 5.41) is 6.85. The maximum atomic E-state index is 6.24. The van der Waals surface area contributed by atoms with Crippen LogP contribution in [0.3, 0.4) is 0 Å². The monoisotopic (exact) mass is 334 g/mol. The lowest BCUT2D eigenvalue weighted by atomic mass is 10.2. The van der Waals surface area contributed by atoms with Gasteiger partial charge >= 0.3 is 0 Å². The van der Waals surface area contributed by atoms with E-state index in [4.69, 9.17) is 16.0 Å². The zero-order chi connectivity index (χ0) is 15.1. The Morgan fingerprint density at radius 2 is 2.36 bits per heavy atom. The summed E-state index contributed by atoms with van der Waals surface area (Å²) in [5.41, 5.74) is 2.43. The summed E-state index contributed by atoms with van der Waals surface area (Å²) in [5.74, 6) is 0. The first-order valence-electron chi connectivity index (χ1n) is 7.19. The number of nitrogens with zero attached hydrogens (tertiary/aromatic N) is 3. The number of fused-ring (bicyclic) bond motifs is 1. The fraction of sp³-hybridized carbons (Fsp3) is 0.333. The van der Waals surface area contributed by atoms with Gasteiger partial charge in [-0.25, -0.2) is 4.98 Å². The minimum Gasteiger partial charge on any atom is -0.423 e. The molecule has 114 valence electrons. The minimum atomic E-state index is 0.348. The number of rotatable bonds is 2. The van der Waals surface area contributed by atoms with Gasteiger partial charge in [0.1, 0.15) is 10.5 Å². The molecule has 1 N–H and O–H groups in total. The van der Waals surface area contributed by atoms with Crippen LogP contribution in [0.5, 0.6) is 0 Å². The van der Waals surface area contributed by atoms with Gasteiger partial charge < -0.3 is 14.6 Å². The van der Waals surface area contributed by atoms with Crippen LogP contribution in [-0.2, 0) is 0 Å². The van der Waals surface area contributed by atoms with Crippen LogP contribution in [0.15, 0.2) is 28.1 Å². The van der Waals surface area contributed by atoms with Crippen molar-refractivity contribution in [3.8, 4) is 10.6 Å². The van der Waals surface area contributed by atoms with E-state index in [1.807, 2.05) is 17.5 Å². The van der Waals surface area contributed by atoms with E-state index in [-0.39, 0.29) is 0 Å². The van der Waals surface area contributed by atoms with Crippen molar-refractivity contribution in [2.45, 2.75) is 13.0 Å². The molecule has 5 nitrogen and oxygen atoms in total. The molecule has 0 bridgehead atoms. The second-order valence-corrected chi connectivity index (χ2v) is 6.71. The van der Waals surface area contributed by atoms with E-state index in [0.717, 1.165) is 41.3 Å². The third kappa shape index (κ3) is 2.37. The zero-order valence-electron chi connectivity index (χ0n) is 12.0. The van der Waals surface area contributed by atoms with Crippen LogP contribution in [0.1, 0.15) is 6.92 Å². The summed E-state index contributed by atoms with van der Waals surface area (Å²) in [6.45, 7) is 4.91. The molecule has 1 aliphatic heterocycles. The van der Waals surface area contributed by atoms with E-state index in [9.17, 15) is 0 Å². The van der Waals surface area contributed by atoms with E-state index in [1.54, 1.807) is 17.5 Å². The molecule has 3 aromatic rings. The fourth-order valence-electron chi connectivity index (χ4n) is 2.75. The van der Waals surface area contributed by atoms with Gasteiger partial charge in [-0.1, -0.05) is 11.6 Å². The Kier molecular flexibility index (Phi) is 3.52. The van der Waals surface area contributed by atoms with Gasteiger partial charge in [0.05, 0.1) is 5.56 Å². The topological polar surface area (TPSA) is 54.2 Å². The summed E-state index contributed by atoms with van der Waals surface area (Å²) in [7, 11) is 0. The van der Waals surface area contributed by atoms with Crippen molar-refractivity contribution in [3.63, 3.8) is 0 Å². The third-order valence-corrected chi connectivity index (χ3v) is 4.88. The fourth-order valence-corrected chi connectivity index (χ4v) is 3.61. The molecule has 1 aliphatic rings. The molecule has 7 heteroatoms. The smallest absolute Gasteiger partial charge is 0.298 e. The van der Waals surface area contributed by atoms with Crippen molar-refractivity contribution < 1.29 is 4.42 Å². The van der Waals surface area contributed by atoms with Crippen LogP contribution in [0.25, 0.3) is 21.7 Å². The highest BCUT2D eigenvalue weighted by molar-refractivity contribution is 7.13. The summed E-state index contributed by atoms with van der Waals surface area (Å²) in [6, 6.07) is 4.73. The molecule has 1 atom stereocenters. The van der Waals surface area contributed by atoms with Crippen LogP contribution in [0.2, 0.25) is 5.02 Å². The van der Waals surface area contributed by atoms with Gasteiger partial charge in [-0.3, -0.25) is 0 Å². The molecular formula is C15H15ClN4OS. The summed E-state index contributed by atoms with van der Waals surface area (Å²) in [6.07, 6.45) is 1.78.